The van der Waals surface area contributed by atoms with Crippen LogP contribution in [0.15, 0.2) is 41.9 Å². The Bertz CT molecular complexity index is 1730. The summed E-state index contributed by atoms with van der Waals surface area (Å²) in [6.45, 7) is 24.2. The number of ether oxygens (including phenoxy) is 8. The monoisotopic (exact) mass is 862 g/mol. The van der Waals surface area contributed by atoms with Gasteiger partial charge in [0.25, 0.3) is 0 Å². The third-order valence-electron chi connectivity index (χ3n) is 8.62. The Labute approximate surface area is 358 Å². The molecule has 7 atom stereocenters. The number of esters is 4. The second-order valence-electron chi connectivity index (χ2n) is 19.9. The number of hydrogen-bond donors (Lipinski definition) is 1. The van der Waals surface area contributed by atoms with Gasteiger partial charge in [-0.05, 0) is 109 Å². The first-order chi connectivity index (χ1) is 27.5. The molecule has 0 aliphatic carbocycles. The maximum atomic E-state index is 13.8. The predicted molar refractivity (Wildman–Crippen MR) is 222 cm³/mol. The van der Waals surface area contributed by atoms with E-state index < -0.39 is 107 Å². The van der Waals surface area contributed by atoms with Crippen molar-refractivity contribution < 1.29 is 61.9 Å². The van der Waals surface area contributed by atoms with Crippen LogP contribution in [0.1, 0.15) is 121 Å². The van der Waals surface area contributed by atoms with E-state index in [1.807, 2.05) is 30.3 Å². The van der Waals surface area contributed by atoms with Gasteiger partial charge in [-0.2, -0.15) is 0 Å². The molecule has 0 spiro atoms. The van der Waals surface area contributed by atoms with Gasteiger partial charge in [-0.25, -0.2) is 9.78 Å². The van der Waals surface area contributed by atoms with Gasteiger partial charge < -0.3 is 43.2 Å². The van der Waals surface area contributed by atoms with Gasteiger partial charge in [0.2, 0.25) is 0 Å². The Morgan fingerprint density at radius 1 is 0.717 bits per heavy atom. The largest absolute Gasteiger partial charge is 0.462 e. The van der Waals surface area contributed by atoms with Crippen molar-refractivity contribution in [1.82, 2.24) is 10.3 Å². The molecule has 2 aromatic rings. The summed E-state index contributed by atoms with van der Waals surface area (Å²) in [6.07, 6.45) is -7.50. The molecule has 0 saturated carbocycles. The minimum absolute atomic E-state index is 0.135. The molecular formula is C44H66N2O13S. The Balaban J connectivity index is 2.20. The minimum Gasteiger partial charge on any atom is -0.462 e. The van der Waals surface area contributed by atoms with Gasteiger partial charge in [0.15, 0.2) is 24.6 Å². The van der Waals surface area contributed by atoms with Crippen LogP contribution >= 0.6 is 11.3 Å². The molecule has 0 unspecified atom stereocenters. The number of aromatic nitrogens is 1. The fraction of sp³-hybridized carbons (Fsp3) is 0.682. The summed E-state index contributed by atoms with van der Waals surface area (Å²) >= 11 is 1.30. The summed E-state index contributed by atoms with van der Waals surface area (Å²) in [5.74, 6) is -2.70. The molecule has 2 heterocycles. The van der Waals surface area contributed by atoms with Gasteiger partial charge in [0.1, 0.15) is 29.4 Å². The molecular weight excluding hydrogens is 797 g/mol. The molecule has 1 aliphatic rings. The lowest BCUT2D eigenvalue weighted by molar-refractivity contribution is -0.313. The average Bonchev–Trinajstić information content (AvgIpc) is 3.64. The van der Waals surface area contributed by atoms with Crippen molar-refractivity contribution in [3.63, 3.8) is 0 Å². The van der Waals surface area contributed by atoms with Crippen LogP contribution in [-0.4, -0.2) is 90.5 Å². The zero-order chi connectivity index (χ0) is 45.4. The summed E-state index contributed by atoms with van der Waals surface area (Å²) < 4.78 is 49.1. The van der Waals surface area contributed by atoms with E-state index in [9.17, 15) is 24.0 Å². The summed E-state index contributed by atoms with van der Waals surface area (Å²) in [7, 11) is 0. The highest BCUT2D eigenvalue weighted by Gasteiger charge is 2.55. The number of thiazole rings is 1. The van der Waals surface area contributed by atoms with Crippen LogP contribution in [0.4, 0.5) is 4.79 Å². The zero-order valence-corrected chi connectivity index (χ0v) is 38.7. The maximum absolute atomic E-state index is 13.8. The molecule has 1 aliphatic heterocycles. The molecule has 1 aromatic heterocycles. The highest BCUT2D eigenvalue weighted by molar-refractivity contribution is 7.09. The van der Waals surface area contributed by atoms with Crippen molar-refractivity contribution in [3.8, 4) is 0 Å². The fourth-order valence-electron chi connectivity index (χ4n) is 5.18. The summed E-state index contributed by atoms with van der Waals surface area (Å²) in [5, 5.41) is 5.14. The van der Waals surface area contributed by atoms with Crippen LogP contribution < -0.4 is 5.32 Å². The topological polar surface area (TPSA) is 184 Å². The predicted octanol–water partition coefficient (Wildman–Crippen LogP) is 7.50. The molecule has 1 amide bonds. The van der Waals surface area contributed by atoms with E-state index in [-0.39, 0.29) is 13.2 Å². The fourth-order valence-corrected chi connectivity index (χ4v) is 5.93. The van der Waals surface area contributed by atoms with Crippen LogP contribution in [0, 0.1) is 21.7 Å². The SMILES string of the molecule is CC(C)(C)OC(=O)N[C@@H](CO[C@@H]1O[C@H](COC(=O)C(C)(C)C)[C@H](OC(=O)C(C)(C)C)[C@H](OC(=O)C(C)(C)C)[C@H]1OC(=O)C(C)(C)C)[C@H](OCc1ccccc1)c1nccs1. The molecule has 0 bridgehead atoms. The molecule has 60 heavy (non-hydrogen) atoms. The molecule has 3 rings (SSSR count). The standard InChI is InChI=1S/C44H66N2O13S/c1-40(2,3)35(47)54-25-28-30(56-36(48)41(4,5)6)31(57-37(49)42(7,8)9)32(58-38(50)43(10,11)12)34(55-28)53-24-27(46-39(51)59-44(13,14)15)29(33-45-21-22-60-33)52-23-26-19-17-16-18-20-26/h16-22,27-32,34H,23-25H2,1-15H3,(H,46,51)/t27-,28+,29-,30-,31-,32+,34+/m0/s1. The van der Waals surface area contributed by atoms with Crippen LogP contribution in [0.2, 0.25) is 0 Å². The first-order valence-corrected chi connectivity index (χ1v) is 21.0. The van der Waals surface area contributed by atoms with E-state index in [0.717, 1.165) is 5.56 Å². The average molecular weight is 863 g/mol. The van der Waals surface area contributed by atoms with Crippen molar-refractivity contribution >= 4 is 41.3 Å². The Morgan fingerprint density at radius 3 is 1.72 bits per heavy atom. The molecule has 15 nitrogen and oxygen atoms in total. The Hall–Kier alpha value is -4.12. The van der Waals surface area contributed by atoms with Gasteiger partial charge in [-0.1, -0.05) is 30.3 Å². The van der Waals surface area contributed by atoms with Gasteiger partial charge in [0, 0.05) is 11.6 Å². The number of nitrogens with one attached hydrogen (secondary N) is 1. The van der Waals surface area contributed by atoms with E-state index >= 15 is 0 Å². The van der Waals surface area contributed by atoms with Crippen LogP contribution in [-0.2, 0) is 63.7 Å². The number of nitrogens with zero attached hydrogens (tertiary/aromatic N) is 1. The third-order valence-corrected chi connectivity index (χ3v) is 9.46. The molecule has 1 aromatic carbocycles. The Morgan fingerprint density at radius 2 is 1.23 bits per heavy atom. The minimum atomic E-state index is -1.56. The molecule has 0 radical (unpaired) electrons. The van der Waals surface area contributed by atoms with E-state index in [1.54, 1.807) is 115 Å². The number of hydrogen-bond acceptors (Lipinski definition) is 15. The smallest absolute Gasteiger partial charge is 0.408 e. The lowest BCUT2D eigenvalue weighted by atomic mass is 9.93. The normalized spacial score (nSPS) is 21.2. The van der Waals surface area contributed by atoms with Crippen molar-refractivity contribution in [3.05, 3.63) is 52.5 Å². The molecule has 1 saturated heterocycles. The quantitative estimate of drug-likeness (QED) is 0.145. The number of carbonyl (C=O) groups excluding carboxylic acids is 5. The molecule has 336 valence electrons. The highest BCUT2D eigenvalue weighted by Crippen LogP contribution is 2.35. The van der Waals surface area contributed by atoms with Gasteiger partial charge in [-0.3, -0.25) is 19.2 Å². The molecule has 16 heteroatoms. The third kappa shape index (κ3) is 15.4. The van der Waals surface area contributed by atoms with Crippen molar-refractivity contribution in [2.45, 2.75) is 159 Å². The number of rotatable bonds is 14. The van der Waals surface area contributed by atoms with Crippen molar-refractivity contribution in [2.75, 3.05) is 13.2 Å². The maximum Gasteiger partial charge on any atom is 0.408 e. The van der Waals surface area contributed by atoms with Crippen LogP contribution in [0.3, 0.4) is 0 Å². The van der Waals surface area contributed by atoms with E-state index in [1.165, 1.54) is 11.3 Å². The van der Waals surface area contributed by atoms with Crippen LogP contribution in [0.25, 0.3) is 0 Å². The first-order valence-electron chi connectivity index (χ1n) is 20.1. The Kier molecular flexibility index (Phi) is 16.9. The van der Waals surface area contributed by atoms with Crippen molar-refractivity contribution in [1.29, 1.82) is 0 Å². The molecule has 1 N–H and O–H groups in total. The number of alkyl carbamates (subject to hydrolysis) is 1. The number of carbonyl (C=O) groups is 5. The van der Waals surface area contributed by atoms with Gasteiger partial charge >= 0.3 is 30.0 Å². The molecule has 1 fully saturated rings. The summed E-state index contributed by atoms with van der Waals surface area (Å²) in [5.41, 5.74) is -4.11. The van der Waals surface area contributed by atoms with Crippen molar-refractivity contribution in [2.24, 2.45) is 21.7 Å². The lowest BCUT2D eigenvalue weighted by Crippen LogP contribution is -2.64. The zero-order valence-electron chi connectivity index (χ0n) is 37.9. The second kappa shape index (κ2) is 20.2. The van der Waals surface area contributed by atoms with E-state index in [0.29, 0.717) is 5.01 Å². The second-order valence-corrected chi connectivity index (χ2v) is 20.9. The number of amides is 1. The van der Waals surface area contributed by atoms with Gasteiger partial charge in [0.05, 0.1) is 40.9 Å². The number of benzene rings is 1. The van der Waals surface area contributed by atoms with Gasteiger partial charge in [-0.15, -0.1) is 11.3 Å². The van der Waals surface area contributed by atoms with E-state index in [4.69, 9.17) is 37.9 Å². The first kappa shape index (κ1) is 50.2. The highest BCUT2D eigenvalue weighted by atomic mass is 32.1. The van der Waals surface area contributed by atoms with Crippen LogP contribution in [0.5, 0.6) is 0 Å². The summed E-state index contributed by atoms with van der Waals surface area (Å²) in [6, 6.07) is 8.41. The van der Waals surface area contributed by atoms with E-state index in [2.05, 4.69) is 10.3 Å². The summed E-state index contributed by atoms with van der Waals surface area (Å²) in [4.78, 5) is 72.2. The lowest BCUT2D eigenvalue weighted by Gasteiger charge is -2.46.